The highest BCUT2D eigenvalue weighted by atomic mass is 32.2. The zero-order valence-corrected chi connectivity index (χ0v) is 20.8. The topological polar surface area (TPSA) is 67.2 Å². The Kier molecular flexibility index (Phi) is 8.15. The fraction of sp³-hybridized carbons (Fsp3) is 0.200. The molecule has 5 nitrogen and oxygen atoms in total. The molecule has 8 heteroatoms. The van der Waals surface area contributed by atoms with Gasteiger partial charge in [0.1, 0.15) is 0 Å². The average molecular weight is 493 g/mol. The predicted molar refractivity (Wildman–Crippen MR) is 140 cm³/mol. The van der Waals surface area contributed by atoms with Crippen molar-refractivity contribution in [1.29, 1.82) is 0 Å². The Morgan fingerprint density at radius 1 is 1.00 bits per heavy atom. The minimum Gasteiger partial charge on any atom is -0.272 e. The second-order valence-electron chi connectivity index (χ2n) is 7.66. The molecule has 0 aliphatic heterocycles. The van der Waals surface area contributed by atoms with Gasteiger partial charge in [0.05, 0.1) is 12.0 Å². The maximum absolute atomic E-state index is 12.1. The SMILES string of the molecule is CC(C)c1ccc(/C=N/NC(=O)CSc2nnc(SCc3cccc4ccccc34)s2)cc1. The molecule has 0 atom stereocenters. The summed E-state index contributed by atoms with van der Waals surface area (Å²) in [4.78, 5) is 12.1. The van der Waals surface area contributed by atoms with Crippen LogP contribution in [0.1, 0.15) is 36.5 Å². The molecule has 1 aromatic heterocycles. The molecule has 0 aliphatic rings. The van der Waals surface area contributed by atoms with Crippen molar-refractivity contribution in [2.75, 3.05) is 5.75 Å². The van der Waals surface area contributed by atoms with E-state index in [9.17, 15) is 4.79 Å². The summed E-state index contributed by atoms with van der Waals surface area (Å²) < 4.78 is 1.67. The second-order valence-corrected chi connectivity index (χ2v) is 11.1. The summed E-state index contributed by atoms with van der Waals surface area (Å²) in [6, 6.07) is 22.9. The van der Waals surface area contributed by atoms with Crippen LogP contribution in [0.2, 0.25) is 0 Å². The lowest BCUT2D eigenvalue weighted by Gasteiger charge is -2.04. The highest BCUT2D eigenvalue weighted by molar-refractivity contribution is 8.03. The molecule has 168 valence electrons. The average Bonchev–Trinajstić information content (AvgIpc) is 3.29. The number of aromatic nitrogens is 2. The van der Waals surface area contributed by atoms with Gasteiger partial charge < -0.3 is 0 Å². The number of thioether (sulfide) groups is 2. The third-order valence-corrected chi connectivity index (χ3v) is 8.19. The molecule has 1 heterocycles. The van der Waals surface area contributed by atoms with Crippen LogP contribution in [0, 0.1) is 0 Å². The molecule has 1 N–H and O–H groups in total. The minimum atomic E-state index is -0.171. The fourth-order valence-electron chi connectivity index (χ4n) is 3.18. The third kappa shape index (κ3) is 6.66. The van der Waals surface area contributed by atoms with Crippen LogP contribution in [0.25, 0.3) is 10.8 Å². The van der Waals surface area contributed by atoms with Gasteiger partial charge in [-0.25, -0.2) is 5.43 Å². The number of amides is 1. The highest BCUT2D eigenvalue weighted by Gasteiger charge is 2.09. The van der Waals surface area contributed by atoms with Crippen molar-refractivity contribution in [3.8, 4) is 0 Å². The van der Waals surface area contributed by atoms with Crippen LogP contribution >= 0.6 is 34.9 Å². The molecule has 0 saturated heterocycles. The molecule has 0 unspecified atom stereocenters. The van der Waals surface area contributed by atoms with Crippen molar-refractivity contribution < 1.29 is 4.79 Å². The Morgan fingerprint density at radius 3 is 2.52 bits per heavy atom. The van der Waals surface area contributed by atoms with Gasteiger partial charge in [0, 0.05) is 5.75 Å². The Bertz CT molecular complexity index is 1250. The number of nitrogens with one attached hydrogen (secondary N) is 1. The Balaban J connectivity index is 1.23. The fourth-order valence-corrected chi connectivity index (χ4v) is 5.99. The van der Waals surface area contributed by atoms with Gasteiger partial charge in [-0.15, -0.1) is 10.2 Å². The number of hydrazone groups is 1. The molecule has 0 spiro atoms. The van der Waals surface area contributed by atoms with E-state index in [1.807, 2.05) is 12.1 Å². The molecule has 4 aromatic rings. The summed E-state index contributed by atoms with van der Waals surface area (Å²) in [5, 5.41) is 15.0. The highest BCUT2D eigenvalue weighted by Crippen LogP contribution is 2.32. The quantitative estimate of drug-likeness (QED) is 0.168. The largest absolute Gasteiger partial charge is 0.272 e. The van der Waals surface area contributed by atoms with Crippen LogP contribution in [0.3, 0.4) is 0 Å². The van der Waals surface area contributed by atoms with E-state index in [1.54, 1.807) is 18.0 Å². The number of benzene rings is 3. The minimum absolute atomic E-state index is 0.171. The molecule has 3 aromatic carbocycles. The zero-order chi connectivity index (χ0) is 23.0. The molecule has 4 rings (SSSR count). The van der Waals surface area contributed by atoms with E-state index in [1.165, 1.54) is 45.0 Å². The predicted octanol–water partition coefficient (Wildman–Crippen LogP) is 6.35. The van der Waals surface area contributed by atoms with Crippen molar-refractivity contribution in [2.45, 2.75) is 34.2 Å². The van der Waals surface area contributed by atoms with Crippen LogP contribution in [-0.4, -0.2) is 28.1 Å². The van der Waals surface area contributed by atoms with E-state index in [2.05, 4.69) is 89.2 Å². The summed E-state index contributed by atoms with van der Waals surface area (Å²) in [6.07, 6.45) is 1.65. The summed E-state index contributed by atoms with van der Waals surface area (Å²) in [5.74, 6) is 1.39. The number of rotatable bonds is 9. The van der Waals surface area contributed by atoms with Gasteiger partial charge in [0.2, 0.25) is 0 Å². The van der Waals surface area contributed by atoms with Crippen molar-refractivity contribution in [1.82, 2.24) is 15.6 Å². The molecule has 0 saturated carbocycles. The summed E-state index contributed by atoms with van der Waals surface area (Å²) in [5.41, 5.74) is 6.07. The van der Waals surface area contributed by atoms with E-state index >= 15 is 0 Å². The molecular formula is C25H24N4OS3. The van der Waals surface area contributed by atoms with E-state index < -0.39 is 0 Å². The molecule has 1 amide bonds. The van der Waals surface area contributed by atoms with Gasteiger partial charge in [-0.2, -0.15) is 5.10 Å². The van der Waals surface area contributed by atoms with Crippen LogP contribution in [0.5, 0.6) is 0 Å². The van der Waals surface area contributed by atoms with E-state index in [0.29, 0.717) is 5.92 Å². The van der Waals surface area contributed by atoms with Crippen LogP contribution in [-0.2, 0) is 10.5 Å². The Labute approximate surface area is 206 Å². The van der Waals surface area contributed by atoms with Gasteiger partial charge in [-0.1, -0.05) is 115 Å². The van der Waals surface area contributed by atoms with Crippen molar-refractivity contribution >= 4 is 57.8 Å². The lowest BCUT2D eigenvalue weighted by molar-refractivity contribution is -0.118. The number of hydrogen-bond acceptors (Lipinski definition) is 7. The molecule has 0 radical (unpaired) electrons. The first-order chi connectivity index (χ1) is 16.1. The molecular weight excluding hydrogens is 469 g/mol. The Morgan fingerprint density at radius 2 is 1.73 bits per heavy atom. The van der Waals surface area contributed by atoms with Crippen molar-refractivity contribution in [2.24, 2.45) is 5.10 Å². The molecule has 33 heavy (non-hydrogen) atoms. The second kappa shape index (κ2) is 11.4. The standard InChI is InChI=1S/C25H24N4OS3/c1-17(2)19-12-10-18(11-13-19)14-26-27-23(30)16-32-25-29-28-24(33-25)31-15-21-8-5-7-20-6-3-4-9-22(20)21/h3-14,17H,15-16H2,1-2H3,(H,27,30)/b26-14+. The monoisotopic (exact) mass is 492 g/mol. The van der Waals surface area contributed by atoms with Gasteiger partial charge in [0.25, 0.3) is 5.91 Å². The van der Waals surface area contributed by atoms with Crippen molar-refractivity contribution in [3.63, 3.8) is 0 Å². The number of hydrogen-bond donors (Lipinski definition) is 1. The van der Waals surface area contributed by atoms with Gasteiger partial charge in [-0.3, -0.25) is 4.79 Å². The summed E-state index contributed by atoms with van der Waals surface area (Å²) >= 11 is 4.54. The van der Waals surface area contributed by atoms with Gasteiger partial charge in [-0.05, 0) is 33.4 Å². The Hall–Kier alpha value is -2.68. The number of nitrogens with zero attached hydrogens (tertiary/aromatic N) is 3. The summed E-state index contributed by atoms with van der Waals surface area (Å²) in [7, 11) is 0. The van der Waals surface area contributed by atoms with E-state index in [-0.39, 0.29) is 11.7 Å². The first-order valence-electron chi connectivity index (χ1n) is 10.6. The summed E-state index contributed by atoms with van der Waals surface area (Å²) in [6.45, 7) is 4.32. The van der Waals surface area contributed by atoms with E-state index in [0.717, 1.165) is 20.0 Å². The zero-order valence-electron chi connectivity index (χ0n) is 18.4. The lowest BCUT2D eigenvalue weighted by Crippen LogP contribution is -2.19. The van der Waals surface area contributed by atoms with Crippen LogP contribution < -0.4 is 5.43 Å². The van der Waals surface area contributed by atoms with Gasteiger partial charge in [0.15, 0.2) is 8.68 Å². The molecule has 0 bridgehead atoms. The first-order valence-corrected chi connectivity index (χ1v) is 13.3. The number of carbonyl (C=O) groups is 1. The smallest absolute Gasteiger partial charge is 0.250 e. The molecule has 0 aliphatic carbocycles. The van der Waals surface area contributed by atoms with Crippen LogP contribution in [0.4, 0.5) is 0 Å². The van der Waals surface area contributed by atoms with Crippen LogP contribution in [0.15, 0.2) is 80.5 Å². The first kappa shape index (κ1) is 23.5. The third-order valence-electron chi connectivity index (χ3n) is 4.95. The van der Waals surface area contributed by atoms with Crippen molar-refractivity contribution in [3.05, 3.63) is 83.4 Å². The van der Waals surface area contributed by atoms with E-state index in [4.69, 9.17) is 0 Å². The van der Waals surface area contributed by atoms with Gasteiger partial charge >= 0.3 is 0 Å². The maximum atomic E-state index is 12.1. The number of carbonyl (C=O) groups excluding carboxylic acids is 1. The lowest BCUT2D eigenvalue weighted by atomic mass is 10.0. The number of fused-ring (bicyclic) bond motifs is 1. The maximum Gasteiger partial charge on any atom is 0.250 e. The molecule has 0 fully saturated rings. The normalized spacial score (nSPS) is 11.5.